The van der Waals surface area contributed by atoms with Gasteiger partial charge in [-0.3, -0.25) is 0 Å². The van der Waals surface area contributed by atoms with E-state index in [4.69, 9.17) is 4.52 Å². The molecule has 0 saturated carbocycles. The highest BCUT2D eigenvalue weighted by atomic mass is 32.2. The van der Waals surface area contributed by atoms with Crippen molar-refractivity contribution in [2.45, 2.75) is 17.5 Å². The zero-order valence-electron chi connectivity index (χ0n) is 12.7. The molecule has 0 fully saturated rings. The Hall–Kier alpha value is -2.59. The first kappa shape index (κ1) is 15.9. The molecule has 0 bridgehead atoms. The van der Waals surface area contributed by atoms with Gasteiger partial charge in [-0.15, -0.1) is 16.4 Å². The van der Waals surface area contributed by atoms with Gasteiger partial charge in [-0.25, -0.2) is 9.07 Å². The number of benzene rings is 1. The smallest absolute Gasteiger partial charge is 0.257 e. The highest BCUT2D eigenvalue weighted by Crippen LogP contribution is 2.23. The predicted molar refractivity (Wildman–Crippen MR) is 90.5 cm³/mol. The fraction of sp³-hybridized carbons (Fsp3) is 0.133. The maximum absolute atomic E-state index is 13.0. The second-order valence-corrected chi connectivity index (χ2v) is 6.98. The first-order valence-corrected chi connectivity index (χ1v) is 9.14. The normalized spacial score (nSPS) is 11.1. The van der Waals surface area contributed by atoms with Crippen molar-refractivity contribution in [1.29, 1.82) is 0 Å². The highest BCUT2D eigenvalue weighted by molar-refractivity contribution is 7.98. The summed E-state index contributed by atoms with van der Waals surface area (Å²) in [5.74, 6) is 1.04. The van der Waals surface area contributed by atoms with Crippen LogP contribution in [0, 0.1) is 5.82 Å². The summed E-state index contributed by atoms with van der Waals surface area (Å²) in [4.78, 5) is 5.49. The van der Waals surface area contributed by atoms with Gasteiger partial charge in [0, 0.05) is 10.4 Å². The molecule has 0 atom stereocenters. The molecule has 25 heavy (non-hydrogen) atoms. The number of aromatic nitrogens is 6. The molecule has 126 valence electrons. The topological polar surface area (TPSA) is 82.5 Å². The Bertz CT molecular complexity index is 951. The molecule has 0 aliphatic carbocycles. The van der Waals surface area contributed by atoms with Gasteiger partial charge in [-0.2, -0.15) is 4.98 Å². The third-order valence-electron chi connectivity index (χ3n) is 3.27. The molecule has 0 aliphatic rings. The molecule has 10 heteroatoms. The van der Waals surface area contributed by atoms with E-state index in [2.05, 4.69) is 25.7 Å². The minimum absolute atomic E-state index is 0.309. The molecule has 0 N–H and O–H groups in total. The summed E-state index contributed by atoms with van der Waals surface area (Å²) >= 11 is 3.08. The maximum Gasteiger partial charge on any atom is 0.257 e. The van der Waals surface area contributed by atoms with E-state index in [1.165, 1.54) is 28.8 Å². The van der Waals surface area contributed by atoms with Crippen molar-refractivity contribution < 1.29 is 8.91 Å². The molecular formula is C15H11FN6OS2. The largest absolute Gasteiger partial charge is 0.334 e. The molecule has 7 nitrogen and oxygen atoms in total. The van der Waals surface area contributed by atoms with Gasteiger partial charge in [0.1, 0.15) is 5.82 Å². The van der Waals surface area contributed by atoms with Crippen LogP contribution in [-0.2, 0) is 12.3 Å². The number of thioether (sulfide) groups is 1. The van der Waals surface area contributed by atoms with Gasteiger partial charge in [0.25, 0.3) is 5.89 Å². The summed E-state index contributed by atoms with van der Waals surface area (Å²) in [5.41, 5.74) is 0.674. The minimum atomic E-state index is -0.309. The summed E-state index contributed by atoms with van der Waals surface area (Å²) in [6, 6.07) is 9.93. The fourth-order valence-electron chi connectivity index (χ4n) is 2.10. The van der Waals surface area contributed by atoms with Gasteiger partial charge in [0.2, 0.25) is 5.16 Å². The molecule has 3 heterocycles. The Morgan fingerprint density at radius 3 is 2.88 bits per heavy atom. The van der Waals surface area contributed by atoms with Crippen molar-refractivity contribution in [3.8, 4) is 11.5 Å². The van der Waals surface area contributed by atoms with Crippen LogP contribution in [0.4, 0.5) is 4.39 Å². The second kappa shape index (κ2) is 7.11. The Morgan fingerprint density at radius 1 is 1.20 bits per heavy atom. The van der Waals surface area contributed by atoms with Crippen molar-refractivity contribution in [3.05, 3.63) is 58.3 Å². The van der Waals surface area contributed by atoms with Gasteiger partial charge in [-0.1, -0.05) is 23.0 Å². The summed E-state index contributed by atoms with van der Waals surface area (Å²) in [7, 11) is 0. The molecule has 1 aromatic carbocycles. The summed E-state index contributed by atoms with van der Waals surface area (Å²) in [6.45, 7) is 0.625. The zero-order valence-corrected chi connectivity index (χ0v) is 14.4. The van der Waals surface area contributed by atoms with E-state index < -0.39 is 0 Å². The Balaban J connectivity index is 1.42. The number of halogens is 1. The molecule has 0 saturated heterocycles. The molecular weight excluding hydrogens is 363 g/mol. The number of rotatable bonds is 6. The summed E-state index contributed by atoms with van der Waals surface area (Å²) in [6.07, 6.45) is 0. The first-order chi connectivity index (χ1) is 12.3. The van der Waals surface area contributed by atoms with Crippen LogP contribution in [0.3, 0.4) is 0 Å². The lowest BCUT2D eigenvalue weighted by Gasteiger charge is -2.00. The van der Waals surface area contributed by atoms with E-state index in [1.807, 2.05) is 17.5 Å². The molecule has 0 unspecified atom stereocenters. The summed E-state index contributed by atoms with van der Waals surface area (Å²) < 4.78 is 19.9. The van der Waals surface area contributed by atoms with Crippen LogP contribution < -0.4 is 0 Å². The number of hydrogen-bond donors (Lipinski definition) is 0. The van der Waals surface area contributed by atoms with E-state index in [0.717, 1.165) is 0 Å². The van der Waals surface area contributed by atoms with Gasteiger partial charge in [-0.05, 0) is 46.1 Å². The van der Waals surface area contributed by atoms with E-state index >= 15 is 0 Å². The maximum atomic E-state index is 13.0. The standard InChI is InChI=1S/C15H11FN6OS2/c16-11-5-3-10(4-6-11)14-17-13(19-23-14)9-25-15-18-20-21-22(15)8-12-2-1-7-24-12/h1-7H,8-9H2. The number of hydrogen-bond acceptors (Lipinski definition) is 8. The Morgan fingerprint density at radius 2 is 2.08 bits per heavy atom. The lowest BCUT2D eigenvalue weighted by Crippen LogP contribution is -2.02. The van der Waals surface area contributed by atoms with Gasteiger partial charge in [0.15, 0.2) is 5.82 Å². The highest BCUT2D eigenvalue weighted by Gasteiger charge is 2.13. The van der Waals surface area contributed by atoms with E-state index in [-0.39, 0.29) is 5.82 Å². The average Bonchev–Trinajstić information content (AvgIpc) is 3.36. The molecule has 0 spiro atoms. The Labute approximate surface area is 149 Å². The third-order valence-corrected chi connectivity index (χ3v) is 5.09. The van der Waals surface area contributed by atoms with Gasteiger partial charge < -0.3 is 4.52 Å². The van der Waals surface area contributed by atoms with E-state index in [1.54, 1.807) is 28.2 Å². The first-order valence-electron chi connectivity index (χ1n) is 7.28. The van der Waals surface area contributed by atoms with Crippen LogP contribution in [0.5, 0.6) is 0 Å². The van der Waals surface area contributed by atoms with Crippen molar-refractivity contribution >= 4 is 23.1 Å². The van der Waals surface area contributed by atoms with E-state index in [0.29, 0.717) is 34.7 Å². The molecule has 3 aromatic heterocycles. The van der Waals surface area contributed by atoms with Crippen molar-refractivity contribution in [1.82, 2.24) is 30.3 Å². The van der Waals surface area contributed by atoms with Crippen LogP contribution in [0.1, 0.15) is 10.7 Å². The molecule has 0 aliphatic heterocycles. The molecule has 0 amide bonds. The van der Waals surface area contributed by atoms with Crippen molar-refractivity contribution in [2.24, 2.45) is 0 Å². The second-order valence-electron chi connectivity index (χ2n) is 5.01. The van der Waals surface area contributed by atoms with Crippen molar-refractivity contribution in [2.75, 3.05) is 0 Å². The van der Waals surface area contributed by atoms with Crippen LogP contribution in [-0.4, -0.2) is 30.3 Å². The Kier molecular flexibility index (Phi) is 4.53. The van der Waals surface area contributed by atoms with E-state index in [9.17, 15) is 4.39 Å². The van der Waals surface area contributed by atoms with Crippen LogP contribution in [0.15, 0.2) is 51.5 Å². The van der Waals surface area contributed by atoms with Crippen LogP contribution in [0.25, 0.3) is 11.5 Å². The summed E-state index contributed by atoms with van der Waals surface area (Å²) in [5, 5.41) is 18.4. The molecule has 4 rings (SSSR count). The number of tetrazole rings is 1. The number of nitrogens with zero attached hydrogens (tertiary/aromatic N) is 6. The predicted octanol–water partition coefficient (Wildman–Crippen LogP) is 3.26. The van der Waals surface area contributed by atoms with Gasteiger partial charge >= 0.3 is 0 Å². The molecule has 0 radical (unpaired) electrons. The monoisotopic (exact) mass is 374 g/mol. The SMILES string of the molecule is Fc1ccc(-c2nc(CSc3nnnn3Cc3cccs3)no2)cc1. The minimum Gasteiger partial charge on any atom is -0.334 e. The van der Waals surface area contributed by atoms with Crippen molar-refractivity contribution in [3.63, 3.8) is 0 Å². The van der Waals surface area contributed by atoms with Crippen LogP contribution in [0.2, 0.25) is 0 Å². The average molecular weight is 374 g/mol. The van der Waals surface area contributed by atoms with Crippen LogP contribution >= 0.6 is 23.1 Å². The lowest BCUT2D eigenvalue weighted by atomic mass is 10.2. The number of thiophene rings is 1. The fourth-order valence-corrected chi connectivity index (χ4v) is 3.51. The third kappa shape index (κ3) is 3.74. The molecule has 4 aromatic rings. The quantitative estimate of drug-likeness (QED) is 0.479. The zero-order chi connectivity index (χ0) is 17.1. The lowest BCUT2D eigenvalue weighted by molar-refractivity contribution is 0.425. The van der Waals surface area contributed by atoms with Gasteiger partial charge in [0.05, 0.1) is 12.3 Å².